The third kappa shape index (κ3) is 3.00. The molecular formula is C18H18Cl2N2. The molecule has 2 aromatic carbocycles. The van der Waals surface area contributed by atoms with E-state index in [0.717, 1.165) is 42.6 Å². The second-order valence-corrected chi connectivity index (χ2v) is 6.24. The van der Waals surface area contributed by atoms with E-state index in [2.05, 4.69) is 23.2 Å². The summed E-state index contributed by atoms with van der Waals surface area (Å²) in [4.78, 5) is 3.51. The lowest BCUT2D eigenvalue weighted by atomic mass is 10.0. The zero-order chi connectivity index (χ0) is 15.5. The minimum absolute atomic E-state index is 0.648. The maximum absolute atomic E-state index is 6.40. The number of H-pyrrole nitrogens is 1. The molecule has 0 radical (unpaired) electrons. The molecule has 3 rings (SSSR count). The van der Waals surface area contributed by atoms with Gasteiger partial charge in [-0.25, -0.2) is 0 Å². The third-order valence-electron chi connectivity index (χ3n) is 3.90. The highest BCUT2D eigenvalue weighted by Crippen LogP contribution is 2.36. The predicted octanol–water partition coefficient (Wildman–Crippen LogP) is 5.42. The topological polar surface area (TPSA) is 41.8 Å². The molecule has 0 saturated carbocycles. The van der Waals surface area contributed by atoms with Crippen LogP contribution in [-0.2, 0) is 6.42 Å². The number of nitrogens with two attached hydrogens (primary N) is 1. The maximum atomic E-state index is 6.40. The first-order valence-corrected chi connectivity index (χ1v) is 8.21. The van der Waals surface area contributed by atoms with Gasteiger partial charge >= 0.3 is 0 Å². The summed E-state index contributed by atoms with van der Waals surface area (Å²) >= 11 is 12.4. The Bertz CT molecular complexity index is 793. The van der Waals surface area contributed by atoms with Crippen LogP contribution < -0.4 is 5.73 Å². The molecule has 0 aliphatic rings. The van der Waals surface area contributed by atoms with Crippen molar-refractivity contribution in [2.24, 2.45) is 5.73 Å². The Morgan fingerprint density at radius 1 is 1.00 bits per heavy atom. The fourth-order valence-electron chi connectivity index (χ4n) is 2.83. The van der Waals surface area contributed by atoms with Gasteiger partial charge in [0.2, 0.25) is 0 Å². The Morgan fingerprint density at radius 2 is 1.82 bits per heavy atom. The Balaban J connectivity index is 2.12. The molecule has 1 heterocycles. The van der Waals surface area contributed by atoms with Gasteiger partial charge in [-0.15, -0.1) is 0 Å². The molecule has 3 N–H and O–H groups in total. The van der Waals surface area contributed by atoms with Crippen LogP contribution in [0, 0.1) is 0 Å². The molecule has 0 atom stereocenters. The number of aromatic nitrogens is 1. The van der Waals surface area contributed by atoms with Crippen molar-refractivity contribution in [2.45, 2.75) is 19.3 Å². The molecule has 0 bridgehead atoms. The summed E-state index contributed by atoms with van der Waals surface area (Å²) < 4.78 is 0. The fraction of sp³-hybridized carbons (Fsp3) is 0.222. The lowest BCUT2D eigenvalue weighted by molar-refractivity contribution is 0.748. The lowest BCUT2D eigenvalue weighted by Gasteiger charge is -2.07. The van der Waals surface area contributed by atoms with E-state index < -0.39 is 0 Å². The molecule has 0 unspecified atom stereocenters. The molecule has 22 heavy (non-hydrogen) atoms. The van der Waals surface area contributed by atoms with Gasteiger partial charge in [-0.2, -0.15) is 0 Å². The molecule has 0 saturated heterocycles. The first-order chi connectivity index (χ1) is 10.7. The van der Waals surface area contributed by atoms with Gasteiger partial charge in [-0.1, -0.05) is 41.4 Å². The Kier molecular flexibility index (Phi) is 4.72. The highest BCUT2D eigenvalue weighted by Gasteiger charge is 2.15. The molecule has 4 heteroatoms. The molecule has 0 aliphatic carbocycles. The number of halogens is 2. The smallest absolute Gasteiger partial charge is 0.0514 e. The van der Waals surface area contributed by atoms with Crippen LogP contribution in [-0.4, -0.2) is 11.5 Å². The summed E-state index contributed by atoms with van der Waals surface area (Å²) in [5.41, 5.74) is 10.1. The number of fused-ring (bicyclic) bond motifs is 1. The number of hydrogen-bond acceptors (Lipinski definition) is 1. The van der Waals surface area contributed by atoms with Gasteiger partial charge < -0.3 is 10.7 Å². The van der Waals surface area contributed by atoms with Gasteiger partial charge in [0, 0.05) is 21.5 Å². The van der Waals surface area contributed by atoms with E-state index in [9.17, 15) is 0 Å². The number of hydrogen-bond donors (Lipinski definition) is 2. The van der Waals surface area contributed by atoms with E-state index >= 15 is 0 Å². The summed E-state index contributed by atoms with van der Waals surface area (Å²) in [6.45, 7) is 0.722. The van der Waals surface area contributed by atoms with Gasteiger partial charge in [0.25, 0.3) is 0 Å². The second-order valence-electron chi connectivity index (χ2n) is 5.39. The standard InChI is InChI=1S/C18H18Cl2N2/c19-12-8-9-15(16(20)11-12)18-14(6-3-4-10-21)13-5-1-2-7-17(13)22-18/h1-2,5,7-9,11,22H,3-4,6,10,21H2. The van der Waals surface area contributed by atoms with Crippen LogP contribution in [0.1, 0.15) is 18.4 Å². The first kappa shape index (κ1) is 15.4. The van der Waals surface area contributed by atoms with Gasteiger partial charge in [0.05, 0.1) is 10.7 Å². The summed E-state index contributed by atoms with van der Waals surface area (Å²) in [7, 11) is 0. The molecule has 0 fully saturated rings. The Labute approximate surface area is 140 Å². The van der Waals surface area contributed by atoms with Crippen molar-refractivity contribution in [3.63, 3.8) is 0 Å². The van der Waals surface area contributed by atoms with Gasteiger partial charge in [-0.05, 0) is 55.6 Å². The van der Waals surface area contributed by atoms with E-state index in [0.29, 0.717) is 10.0 Å². The summed E-state index contributed by atoms with van der Waals surface area (Å²) in [6.07, 6.45) is 3.07. The van der Waals surface area contributed by atoms with E-state index in [1.807, 2.05) is 18.2 Å². The summed E-state index contributed by atoms with van der Waals surface area (Å²) in [6, 6.07) is 14.0. The van der Waals surface area contributed by atoms with E-state index in [1.54, 1.807) is 6.07 Å². The zero-order valence-electron chi connectivity index (χ0n) is 12.2. The third-order valence-corrected chi connectivity index (χ3v) is 4.44. The molecule has 0 amide bonds. The number of rotatable bonds is 5. The number of nitrogens with one attached hydrogen (secondary N) is 1. The molecule has 0 spiro atoms. The highest BCUT2D eigenvalue weighted by atomic mass is 35.5. The fourth-order valence-corrected chi connectivity index (χ4v) is 3.33. The zero-order valence-corrected chi connectivity index (χ0v) is 13.7. The van der Waals surface area contributed by atoms with E-state index in [-0.39, 0.29) is 0 Å². The van der Waals surface area contributed by atoms with Crippen molar-refractivity contribution >= 4 is 34.1 Å². The van der Waals surface area contributed by atoms with Crippen molar-refractivity contribution in [1.82, 2.24) is 4.98 Å². The largest absolute Gasteiger partial charge is 0.354 e. The molecule has 1 aromatic heterocycles. The second kappa shape index (κ2) is 6.74. The normalized spacial score (nSPS) is 11.2. The number of para-hydroxylation sites is 1. The van der Waals surface area contributed by atoms with Gasteiger partial charge in [-0.3, -0.25) is 0 Å². The lowest BCUT2D eigenvalue weighted by Crippen LogP contribution is -1.99. The minimum Gasteiger partial charge on any atom is -0.354 e. The average molecular weight is 333 g/mol. The quantitative estimate of drug-likeness (QED) is 0.601. The van der Waals surface area contributed by atoms with Crippen LogP contribution in [0.25, 0.3) is 22.2 Å². The minimum atomic E-state index is 0.648. The molecule has 0 aliphatic heterocycles. The van der Waals surface area contributed by atoms with Crippen LogP contribution in [0.3, 0.4) is 0 Å². The molecule has 3 aromatic rings. The van der Waals surface area contributed by atoms with Crippen LogP contribution in [0.5, 0.6) is 0 Å². The summed E-state index contributed by atoms with van der Waals surface area (Å²) in [5, 5.41) is 2.56. The number of aromatic amines is 1. The van der Waals surface area contributed by atoms with Crippen molar-refractivity contribution in [3.05, 3.63) is 58.1 Å². The van der Waals surface area contributed by atoms with Gasteiger partial charge in [0.1, 0.15) is 0 Å². The van der Waals surface area contributed by atoms with E-state index in [1.165, 1.54) is 10.9 Å². The van der Waals surface area contributed by atoms with Crippen LogP contribution >= 0.6 is 23.2 Å². The molecule has 2 nitrogen and oxygen atoms in total. The maximum Gasteiger partial charge on any atom is 0.0514 e. The van der Waals surface area contributed by atoms with Crippen molar-refractivity contribution in [2.75, 3.05) is 6.54 Å². The van der Waals surface area contributed by atoms with Gasteiger partial charge in [0.15, 0.2) is 0 Å². The predicted molar refractivity (Wildman–Crippen MR) is 95.7 cm³/mol. The summed E-state index contributed by atoms with van der Waals surface area (Å²) in [5.74, 6) is 0. The van der Waals surface area contributed by atoms with Crippen molar-refractivity contribution < 1.29 is 0 Å². The number of aryl methyl sites for hydroxylation is 1. The number of unbranched alkanes of at least 4 members (excludes halogenated alkanes) is 1. The van der Waals surface area contributed by atoms with Crippen molar-refractivity contribution in [1.29, 1.82) is 0 Å². The SMILES string of the molecule is NCCCCc1c(-c2ccc(Cl)cc2Cl)[nH]c2ccccc12. The van der Waals surface area contributed by atoms with E-state index in [4.69, 9.17) is 28.9 Å². The highest BCUT2D eigenvalue weighted by molar-refractivity contribution is 6.36. The average Bonchev–Trinajstić information content (AvgIpc) is 2.86. The Hall–Kier alpha value is -1.48. The first-order valence-electron chi connectivity index (χ1n) is 7.46. The van der Waals surface area contributed by atoms with Crippen LogP contribution in [0.4, 0.5) is 0 Å². The monoisotopic (exact) mass is 332 g/mol. The molecular weight excluding hydrogens is 315 g/mol. The van der Waals surface area contributed by atoms with Crippen LogP contribution in [0.15, 0.2) is 42.5 Å². The van der Waals surface area contributed by atoms with Crippen LogP contribution in [0.2, 0.25) is 10.0 Å². The Morgan fingerprint density at radius 3 is 2.59 bits per heavy atom. The molecule has 114 valence electrons. The number of benzene rings is 2. The van der Waals surface area contributed by atoms with Crippen molar-refractivity contribution in [3.8, 4) is 11.3 Å².